The van der Waals surface area contributed by atoms with Crippen molar-refractivity contribution < 1.29 is 0 Å². The van der Waals surface area contributed by atoms with Crippen molar-refractivity contribution in [2.24, 2.45) is 11.7 Å². The fourth-order valence-electron chi connectivity index (χ4n) is 2.07. The molecule has 18 heavy (non-hydrogen) atoms. The van der Waals surface area contributed by atoms with Gasteiger partial charge in [-0.15, -0.1) is 0 Å². The number of benzene rings is 2. The standard InChI is InChI=1S/C16H17NS/c17-16(18)15(11-13-7-3-1-4-8-13)12-14-9-5-2-6-10-14/h1-10,15H,11-12H2,(H2,17,18). The van der Waals surface area contributed by atoms with Crippen LogP contribution in [0.2, 0.25) is 0 Å². The van der Waals surface area contributed by atoms with Crippen LogP contribution in [0.3, 0.4) is 0 Å². The van der Waals surface area contributed by atoms with Gasteiger partial charge in [-0.3, -0.25) is 0 Å². The molecule has 1 nitrogen and oxygen atoms in total. The Morgan fingerprint density at radius 1 is 0.833 bits per heavy atom. The summed E-state index contributed by atoms with van der Waals surface area (Å²) < 4.78 is 0. The summed E-state index contributed by atoms with van der Waals surface area (Å²) in [6.07, 6.45) is 1.82. The molecule has 0 bridgehead atoms. The Labute approximate surface area is 114 Å². The van der Waals surface area contributed by atoms with Gasteiger partial charge >= 0.3 is 0 Å². The molecule has 2 aromatic carbocycles. The molecule has 0 spiro atoms. The lowest BCUT2D eigenvalue weighted by atomic mass is 9.92. The molecular weight excluding hydrogens is 238 g/mol. The highest BCUT2D eigenvalue weighted by Crippen LogP contribution is 2.15. The van der Waals surface area contributed by atoms with Crippen LogP contribution in [0.5, 0.6) is 0 Å². The van der Waals surface area contributed by atoms with Crippen molar-refractivity contribution in [3.8, 4) is 0 Å². The number of hydrogen-bond donors (Lipinski definition) is 1. The molecule has 2 N–H and O–H groups in total. The zero-order chi connectivity index (χ0) is 12.8. The van der Waals surface area contributed by atoms with E-state index in [1.165, 1.54) is 11.1 Å². The van der Waals surface area contributed by atoms with Crippen molar-refractivity contribution in [1.82, 2.24) is 0 Å². The molecule has 0 unspecified atom stereocenters. The fraction of sp³-hybridized carbons (Fsp3) is 0.188. The van der Waals surface area contributed by atoms with Gasteiger partial charge in [-0.25, -0.2) is 0 Å². The first-order chi connectivity index (χ1) is 8.75. The van der Waals surface area contributed by atoms with E-state index in [4.69, 9.17) is 18.0 Å². The fourth-order valence-corrected chi connectivity index (χ4v) is 2.24. The molecule has 0 atom stereocenters. The largest absolute Gasteiger partial charge is 0.393 e. The van der Waals surface area contributed by atoms with Crippen LogP contribution in [0.4, 0.5) is 0 Å². The summed E-state index contributed by atoms with van der Waals surface area (Å²) in [6.45, 7) is 0. The molecule has 0 aromatic heterocycles. The Balaban J connectivity index is 2.08. The van der Waals surface area contributed by atoms with Crippen LogP contribution >= 0.6 is 12.2 Å². The van der Waals surface area contributed by atoms with Crippen molar-refractivity contribution in [2.45, 2.75) is 12.8 Å². The molecule has 0 amide bonds. The van der Waals surface area contributed by atoms with E-state index in [0.717, 1.165) is 12.8 Å². The number of thiocarbonyl (C=S) groups is 1. The van der Waals surface area contributed by atoms with E-state index in [1.807, 2.05) is 12.1 Å². The quantitative estimate of drug-likeness (QED) is 0.829. The van der Waals surface area contributed by atoms with Crippen molar-refractivity contribution in [2.75, 3.05) is 0 Å². The molecule has 2 heteroatoms. The molecule has 0 fully saturated rings. The molecule has 0 heterocycles. The zero-order valence-electron chi connectivity index (χ0n) is 10.3. The van der Waals surface area contributed by atoms with E-state index < -0.39 is 0 Å². The summed E-state index contributed by atoms with van der Waals surface area (Å²) in [4.78, 5) is 0.600. The van der Waals surface area contributed by atoms with E-state index in [-0.39, 0.29) is 5.92 Å². The van der Waals surface area contributed by atoms with Gasteiger partial charge in [0.25, 0.3) is 0 Å². The van der Waals surface area contributed by atoms with Gasteiger partial charge in [-0.1, -0.05) is 72.9 Å². The minimum atomic E-state index is 0.227. The average molecular weight is 255 g/mol. The molecule has 0 aliphatic heterocycles. The Morgan fingerprint density at radius 2 is 1.22 bits per heavy atom. The van der Waals surface area contributed by atoms with Gasteiger partial charge in [0.05, 0.1) is 4.99 Å². The first-order valence-electron chi connectivity index (χ1n) is 6.13. The Bertz CT molecular complexity index is 452. The van der Waals surface area contributed by atoms with Gasteiger partial charge in [0, 0.05) is 5.92 Å². The smallest absolute Gasteiger partial charge is 0.0765 e. The first kappa shape index (κ1) is 12.8. The SMILES string of the molecule is NC(=S)C(Cc1ccccc1)Cc1ccccc1. The van der Waals surface area contributed by atoms with E-state index in [2.05, 4.69) is 48.5 Å². The molecule has 2 aromatic rings. The molecule has 0 saturated heterocycles. The van der Waals surface area contributed by atoms with Crippen molar-refractivity contribution >= 4 is 17.2 Å². The number of rotatable bonds is 5. The summed E-state index contributed by atoms with van der Waals surface area (Å²) in [5, 5.41) is 0. The maximum absolute atomic E-state index is 5.86. The maximum atomic E-state index is 5.86. The first-order valence-corrected chi connectivity index (χ1v) is 6.53. The number of hydrogen-bond acceptors (Lipinski definition) is 1. The summed E-state index contributed by atoms with van der Waals surface area (Å²) in [7, 11) is 0. The lowest BCUT2D eigenvalue weighted by Gasteiger charge is -2.15. The van der Waals surface area contributed by atoms with E-state index >= 15 is 0 Å². The van der Waals surface area contributed by atoms with E-state index in [0.29, 0.717) is 4.99 Å². The lowest BCUT2D eigenvalue weighted by Crippen LogP contribution is -2.25. The summed E-state index contributed by atoms with van der Waals surface area (Å²) in [5.41, 5.74) is 8.43. The van der Waals surface area contributed by atoms with E-state index in [1.54, 1.807) is 0 Å². The Hall–Kier alpha value is -1.67. The van der Waals surface area contributed by atoms with Gasteiger partial charge in [-0.2, -0.15) is 0 Å². The molecule has 2 rings (SSSR count). The molecule has 0 aliphatic carbocycles. The van der Waals surface area contributed by atoms with Crippen LogP contribution in [0.25, 0.3) is 0 Å². The lowest BCUT2D eigenvalue weighted by molar-refractivity contribution is 0.686. The predicted octanol–water partition coefficient (Wildman–Crippen LogP) is 3.37. The Morgan fingerprint density at radius 3 is 1.56 bits per heavy atom. The monoisotopic (exact) mass is 255 g/mol. The third-order valence-electron chi connectivity index (χ3n) is 3.05. The normalized spacial score (nSPS) is 10.5. The third-order valence-corrected chi connectivity index (χ3v) is 3.39. The Kier molecular flexibility index (Phi) is 4.48. The minimum Gasteiger partial charge on any atom is -0.393 e. The van der Waals surface area contributed by atoms with Gasteiger partial charge in [0.15, 0.2) is 0 Å². The van der Waals surface area contributed by atoms with Gasteiger partial charge in [0.2, 0.25) is 0 Å². The van der Waals surface area contributed by atoms with Gasteiger partial charge in [0.1, 0.15) is 0 Å². The summed E-state index contributed by atoms with van der Waals surface area (Å²) >= 11 is 5.19. The molecule has 92 valence electrons. The van der Waals surface area contributed by atoms with Gasteiger partial charge < -0.3 is 5.73 Å². The van der Waals surface area contributed by atoms with Crippen LogP contribution in [0.1, 0.15) is 11.1 Å². The van der Waals surface area contributed by atoms with E-state index in [9.17, 15) is 0 Å². The second kappa shape index (κ2) is 6.31. The average Bonchev–Trinajstić information content (AvgIpc) is 2.40. The molecular formula is C16H17NS. The topological polar surface area (TPSA) is 26.0 Å². The second-order valence-electron chi connectivity index (χ2n) is 4.48. The molecule has 0 saturated carbocycles. The van der Waals surface area contributed by atoms with Crippen molar-refractivity contribution in [3.63, 3.8) is 0 Å². The third kappa shape index (κ3) is 3.67. The number of nitrogens with two attached hydrogens (primary N) is 1. The van der Waals surface area contributed by atoms with Crippen LogP contribution in [-0.2, 0) is 12.8 Å². The summed E-state index contributed by atoms with van der Waals surface area (Å²) in [5.74, 6) is 0.227. The predicted molar refractivity (Wildman–Crippen MR) is 80.6 cm³/mol. The van der Waals surface area contributed by atoms with Crippen LogP contribution < -0.4 is 5.73 Å². The molecule has 0 aliphatic rings. The van der Waals surface area contributed by atoms with Crippen LogP contribution in [-0.4, -0.2) is 4.99 Å². The highest BCUT2D eigenvalue weighted by molar-refractivity contribution is 7.80. The van der Waals surface area contributed by atoms with Crippen LogP contribution in [0.15, 0.2) is 60.7 Å². The van der Waals surface area contributed by atoms with Crippen molar-refractivity contribution in [3.05, 3.63) is 71.8 Å². The highest BCUT2D eigenvalue weighted by Gasteiger charge is 2.13. The maximum Gasteiger partial charge on any atom is 0.0765 e. The zero-order valence-corrected chi connectivity index (χ0v) is 11.1. The van der Waals surface area contributed by atoms with Gasteiger partial charge in [-0.05, 0) is 24.0 Å². The molecule has 0 radical (unpaired) electrons. The second-order valence-corrected chi connectivity index (χ2v) is 4.95. The minimum absolute atomic E-state index is 0.227. The highest BCUT2D eigenvalue weighted by atomic mass is 32.1. The van der Waals surface area contributed by atoms with Crippen LogP contribution in [0, 0.1) is 5.92 Å². The summed E-state index contributed by atoms with van der Waals surface area (Å²) in [6, 6.07) is 20.7. The van der Waals surface area contributed by atoms with Crippen molar-refractivity contribution in [1.29, 1.82) is 0 Å².